The Morgan fingerprint density at radius 3 is 2.52 bits per heavy atom. The Balaban J connectivity index is 2.02. The molecule has 0 radical (unpaired) electrons. The smallest absolute Gasteiger partial charge is 0.269 e. The number of rotatable bonds is 6. The van der Waals surface area contributed by atoms with Gasteiger partial charge in [-0.2, -0.15) is 5.26 Å². The second-order valence-electron chi connectivity index (χ2n) is 5.63. The van der Waals surface area contributed by atoms with Gasteiger partial charge in [-0.3, -0.25) is 14.6 Å². The van der Waals surface area contributed by atoms with E-state index in [0.29, 0.717) is 29.9 Å². The van der Waals surface area contributed by atoms with E-state index in [4.69, 9.17) is 5.26 Å². The third kappa shape index (κ3) is 5.41. The Kier molecular flexibility index (Phi) is 6.20. The minimum atomic E-state index is -0.352. The number of hydrogen-bond donors (Lipinski definition) is 2. The molecule has 2 amide bonds. The highest BCUT2D eigenvalue weighted by Gasteiger charge is 2.12. The maximum absolute atomic E-state index is 12.3. The summed E-state index contributed by atoms with van der Waals surface area (Å²) in [6.07, 6.45) is 1.43. The topological polar surface area (TPSA) is 98.1 Å². The molecule has 0 unspecified atom stereocenters. The first-order valence-electron chi connectivity index (χ1n) is 7.70. The molecule has 7 nitrogen and oxygen atoms in total. The van der Waals surface area contributed by atoms with E-state index in [1.807, 2.05) is 25.1 Å². The SMILES string of the molecule is CN(C)CCNC(=O)c1cc(C(=O)Nc2ccc(C#N)cc2)ccn1. The van der Waals surface area contributed by atoms with Crippen LogP contribution in [0.4, 0.5) is 5.69 Å². The normalized spacial score (nSPS) is 10.2. The number of nitriles is 1. The fraction of sp³-hybridized carbons (Fsp3) is 0.222. The van der Waals surface area contributed by atoms with Crippen LogP contribution in [-0.2, 0) is 0 Å². The first-order valence-corrected chi connectivity index (χ1v) is 7.70. The van der Waals surface area contributed by atoms with Crippen LogP contribution in [0.1, 0.15) is 26.4 Å². The number of pyridine rings is 1. The molecule has 0 saturated heterocycles. The third-order valence-corrected chi connectivity index (χ3v) is 3.37. The van der Waals surface area contributed by atoms with E-state index in [1.165, 1.54) is 18.3 Å². The van der Waals surface area contributed by atoms with E-state index >= 15 is 0 Å². The number of aromatic nitrogens is 1. The number of hydrogen-bond acceptors (Lipinski definition) is 5. The van der Waals surface area contributed by atoms with Gasteiger partial charge in [0.2, 0.25) is 0 Å². The van der Waals surface area contributed by atoms with Crippen LogP contribution in [0.2, 0.25) is 0 Å². The summed E-state index contributed by atoms with van der Waals surface area (Å²) < 4.78 is 0. The number of anilines is 1. The lowest BCUT2D eigenvalue weighted by molar-refractivity contribution is 0.0946. The molecule has 0 spiro atoms. The number of carbonyl (C=O) groups excluding carboxylic acids is 2. The Morgan fingerprint density at radius 2 is 1.88 bits per heavy atom. The largest absolute Gasteiger partial charge is 0.349 e. The van der Waals surface area contributed by atoms with Gasteiger partial charge in [-0.05, 0) is 50.5 Å². The van der Waals surface area contributed by atoms with E-state index in [0.717, 1.165) is 0 Å². The summed E-state index contributed by atoms with van der Waals surface area (Å²) in [6, 6.07) is 11.5. The van der Waals surface area contributed by atoms with Gasteiger partial charge in [0.1, 0.15) is 5.69 Å². The molecule has 0 atom stereocenters. The standard InChI is InChI=1S/C18H19N5O2/c1-23(2)10-9-21-18(25)16-11-14(7-8-20-16)17(24)22-15-5-3-13(12-19)4-6-15/h3-8,11H,9-10H2,1-2H3,(H,21,25)(H,22,24). The number of nitrogens with one attached hydrogen (secondary N) is 2. The minimum absolute atomic E-state index is 0.186. The maximum Gasteiger partial charge on any atom is 0.269 e. The molecule has 7 heteroatoms. The van der Waals surface area contributed by atoms with Crippen molar-refractivity contribution in [2.75, 3.05) is 32.5 Å². The summed E-state index contributed by atoms with van der Waals surface area (Å²) in [4.78, 5) is 30.3. The average molecular weight is 337 g/mol. The number of amides is 2. The lowest BCUT2D eigenvalue weighted by Crippen LogP contribution is -2.32. The summed E-state index contributed by atoms with van der Waals surface area (Å²) in [6.45, 7) is 1.21. The molecular weight excluding hydrogens is 318 g/mol. The van der Waals surface area contributed by atoms with Crippen molar-refractivity contribution in [1.29, 1.82) is 5.26 Å². The van der Waals surface area contributed by atoms with Crippen LogP contribution in [0, 0.1) is 11.3 Å². The zero-order valence-electron chi connectivity index (χ0n) is 14.1. The molecule has 0 aliphatic heterocycles. The van der Waals surface area contributed by atoms with Crippen LogP contribution < -0.4 is 10.6 Å². The summed E-state index contributed by atoms with van der Waals surface area (Å²) in [5.41, 5.74) is 1.60. The zero-order chi connectivity index (χ0) is 18.2. The number of nitrogens with zero attached hydrogens (tertiary/aromatic N) is 3. The van der Waals surface area contributed by atoms with Gasteiger partial charge in [0, 0.05) is 30.5 Å². The van der Waals surface area contributed by atoms with Gasteiger partial charge in [-0.25, -0.2) is 0 Å². The number of likely N-dealkylation sites (N-methyl/N-ethyl adjacent to an activating group) is 1. The predicted octanol–water partition coefficient (Wildman–Crippen LogP) is 1.50. The fourth-order valence-electron chi connectivity index (χ4n) is 2.01. The minimum Gasteiger partial charge on any atom is -0.349 e. The summed E-state index contributed by atoms with van der Waals surface area (Å²) in [5.74, 6) is -0.677. The van der Waals surface area contributed by atoms with E-state index < -0.39 is 0 Å². The fourth-order valence-corrected chi connectivity index (χ4v) is 2.01. The lowest BCUT2D eigenvalue weighted by atomic mass is 10.2. The Hall–Kier alpha value is -3.24. The van der Waals surface area contributed by atoms with Crippen molar-refractivity contribution in [1.82, 2.24) is 15.2 Å². The molecule has 2 N–H and O–H groups in total. The van der Waals surface area contributed by atoms with Gasteiger partial charge in [0.15, 0.2) is 0 Å². The predicted molar refractivity (Wildman–Crippen MR) is 94.2 cm³/mol. The molecule has 0 bridgehead atoms. The number of benzene rings is 1. The van der Waals surface area contributed by atoms with Gasteiger partial charge < -0.3 is 15.5 Å². The monoisotopic (exact) mass is 337 g/mol. The van der Waals surface area contributed by atoms with E-state index in [9.17, 15) is 9.59 Å². The van der Waals surface area contributed by atoms with Crippen LogP contribution in [0.3, 0.4) is 0 Å². The Morgan fingerprint density at radius 1 is 1.16 bits per heavy atom. The highest BCUT2D eigenvalue weighted by molar-refractivity contribution is 6.05. The molecule has 128 valence electrons. The van der Waals surface area contributed by atoms with Crippen molar-refractivity contribution < 1.29 is 9.59 Å². The molecule has 2 rings (SSSR count). The first kappa shape index (κ1) is 18.1. The molecule has 0 aliphatic rings. The third-order valence-electron chi connectivity index (χ3n) is 3.37. The molecule has 0 aliphatic carbocycles. The molecule has 1 aromatic carbocycles. The van der Waals surface area contributed by atoms with Crippen LogP contribution in [0.15, 0.2) is 42.6 Å². The second kappa shape index (κ2) is 8.57. The molecule has 1 heterocycles. The van der Waals surface area contributed by atoms with Crippen molar-refractivity contribution in [3.05, 3.63) is 59.4 Å². The van der Waals surface area contributed by atoms with Crippen LogP contribution in [-0.4, -0.2) is 48.9 Å². The van der Waals surface area contributed by atoms with Crippen molar-refractivity contribution in [3.63, 3.8) is 0 Å². The first-order chi connectivity index (χ1) is 12.0. The van der Waals surface area contributed by atoms with Crippen molar-refractivity contribution in [2.45, 2.75) is 0 Å². The Bertz CT molecular complexity index is 794. The Labute approximate surface area is 146 Å². The highest BCUT2D eigenvalue weighted by Crippen LogP contribution is 2.11. The summed E-state index contributed by atoms with van der Waals surface area (Å²) >= 11 is 0. The second-order valence-corrected chi connectivity index (χ2v) is 5.63. The van der Waals surface area contributed by atoms with Gasteiger partial charge in [-0.15, -0.1) is 0 Å². The number of carbonyl (C=O) groups is 2. The molecule has 2 aromatic rings. The summed E-state index contributed by atoms with van der Waals surface area (Å²) in [7, 11) is 3.83. The van der Waals surface area contributed by atoms with E-state index in [2.05, 4.69) is 15.6 Å². The van der Waals surface area contributed by atoms with Gasteiger partial charge >= 0.3 is 0 Å². The van der Waals surface area contributed by atoms with Crippen molar-refractivity contribution in [3.8, 4) is 6.07 Å². The molecule has 0 fully saturated rings. The van der Waals surface area contributed by atoms with E-state index in [1.54, 1.807) is 24.3 Å². The summed E-state index contributed by atoms with van der Waals surface area (Å²) in [5, 5.41) is 14.3. The van der Waals surface area contributed by atoms with Crippen LogP contribution in [0.25, 0.3) is 0 Å². The van der Waals surface area contributed by atoms with Gasteiger partial charge in [0.05, 0.1) is 11.6 Å². The van der Waals surface area contributed by atoms with Crippen LogP contribution in [0.5, 0.6) is 0 Å². The van der Waals surface area contributed by atoms with Crippen LogP contribution >= 0.6 is 0 Å². The van der Waals surface area contributed by atoms with Gasteiger partial charge in [0.25, 0.3) is 11.8 Å². The zero-order valence-corrected chi connectivity index (χ0v) is 14.1. The van der Waals surface area contributed by atoms with Gasteiger partial charge in [-0.1, -0.05) is 0 Å². The lowest BCUT2D eigenvalue weighted by Gasteiger charge is -2.10. The molecule has 1 aromatic heterocycles. The molecule has 25 heavy (non-hydrogen) atoms. The average Bonchev–Trinajstić information content (AvgIpc) is 2.62. The highest BCUT2D eigenvalue weighted by atomic mass is 16.2. The molecule has 0 saturated carbocycles. The van der Waals surface area contributed by atoms with Crippen molar-refractivity contribution >= 4 is 17.5 Å². The van der Waals surface area contributed by atoms with E-state index in [-0.39, 0.29) is 17.5 Å². The maximum atomic E-state index is 12.3. The molecular formula is C18H19N5O2. The van der Waals surface area contributed by atoms with Crippen molar-refractivity contribution in [2.24, 2.45) is 0 Å². The quantitative estimate of drug-likeness (QED) is 0.832.